The van der Waals surface area contributed by atoms with Crippen LogP contribution in [0.1, 0.15) is 29.8 Å². The minimum atomic E-state index is -0.318. The van der Waals surface area contributed by atoms with E-state index in [0.29, 0.717) is 35.0 Å². The molecule has 0 fully saturated rings. The lowest BCUT2D eigenvalue weighted by Crippen LogP contribution is -2.31. The molecule has 2 rings (SSSR count). The van der Waals surface area contributed by atoms with Crippen molar-refractivity contribution in [1.82, 2.24) is 5.32 Å². The first-order valence-electron chi connectivity index (χ1n) is 7.94. The normalized spacial score (nSPS) is 10.0. The molecule has 3 N–H and O–H groups in total. The molecule has 0 spiro atoms. The fraction of sp³-hybridized carbons (Fsp3) is 0.211. The lowest BCUT2D eigenvalue weighted by Gasteiger charge is -2.11. The summed E-state index contributed by atoms with van der Waals surface area (Å²) in [5.41, 5.74) is 1.94. The first-order valence-corrected chi connectivity index (χ1v) is 7.94. The molecule has 6 nitrogen and oxygen atoms in total. The Kier molecular flexibility index (Phi) is 6.13. The number of carbonyl (C=O) groups excluding carboxylic acids is 2. The number of hydrogen-bond acceptors (Lipinski definition) is 3. The smallest absolute Gasteiger partial charge is 0.319 e. The Balaban J connectivity index is 2.03. The number of nitrogens with zero attached hydrogens (tertiary/aromatic N) is 1. The van der Waals surface area contributed by atoms with Crippen molar-refractivity contribution in [2.45, 2.75) is 13.8 Å². The Bertz CT molecular complexity index is 809. The number of urea groups is 1. The first kappa shape index (κ1) is 18.0. The summed E-state index contributed by atoms with van der Waals surface area (Å²) in [7, 11) is 0. The van der Waals surface area contributed by atoms with E-state index >= 15 is 0 Å². The minimum absolute atomic E-state index is 0.312. The fourth-order valence-corrected chi connectivity index (χ4v) is 2.08. The molecule has 0 unspecified atom stereocenters. The number of nitrogens with one attached hydrogen (secondary N) is 3. The molecule has 25 heavy (non-hydrogen) atoms. The number of benzene rings is 2. The molecular formula is C19H20N4O2. The van der Waals surface area contributed by atoms with Crippen LogP contribution in [0, 0.1) is 17.2 Å². The van der Waals surface area contributed by atoms with E-state index in [4.69, 9.17) is 5.26 Å². The van der Waals surface area contributed by atoms with E-state index in [1.54, 1.807) is 48.5 Å². The standard InChI is InChI=1S/C19H20N4O2/c1-13(2)12-21-19(25)23-17-8-4-6-15(10-17)18(24)22-16-7-3-5-14(9-16)11-20/h3-10,13H,12H2,1-2H3,(H,22,24)(H2,21,23,25). The summed E-state index contributed by atoms with van der Waals surface area (Å²) >= 11 is 0. The fourth-order valence-electron chi connectivity index (χ4n) is 2.08. The van der Waals surface area contributed by atoms with Crippen molar-refractivity contribution in [1.29, 1.82) is 5.26 Å². The third-order valence-corrected chi connectivity index (χ3v) is 3.30. The zero-order valence-corrected chi connectivity index (χ0v) is 14.2. The highest BCUT2D eigenvalue weighted by molar-refractivity contribution is 6.05. The predicted octanol–water partition coefficient (Wildman–Crippen LogP) is 3.59. The summed E-state index contributed by atoms with van der Waals surface area (Å²) in [6.45, 7) is 4.58. The molecule has 128 valence electrons. The Hall–Kier alpha value is -3.33. The molecule has 0 aliphatic heterocycles. The Labute approximate surface area is 146 Å². The van der Waals surface area contributed by atoms with Gasteiger partial charge in [0, 0.05) is 23.5 Å². The van der Waals surface area contributed by atoms with Gasteiger partial charge in [-0.2, -0.15) is 5.26 Å². The molecule has 0 aliphatic carbocycles. The second-order valence-electron chi connectivity index (χ2n) is 5.96. The molecule has 2 aromatic rings. The van der Waals surface area contributed by atoms with Gasteiger partial charge in [0.1, 0.15) is 0 Å². The molecule has 0 aromatic heterocycles. The summed E-state index contributed by atoms with van der Waals surface area (Å²) < 4.78 is 0. The van der Waals surface area contributed by atoms with E-state index in [1.807, 2.05) is 19.9 Å². The summed E-state index contributed by atoms with van der Waals surface area (Å²) in [6.07, 6.45) is 0. The molecule has 0 atom stereocenters. The number of nitriles is 1. The zero-order chi connectivity index (χ0) is 18.2. The Morgan fingerprint density at radius 1 is 1.04 bits per heavy atom. The van der Waals surface area contributed by atoms with Crippen molar-refractivity contribution in [3.63, 3.8) is 0 Å². The third kappa shape index (κ3) is 5.66. The number of hydrogen-bond donors (Lipinski definition) is 3. The molecule has 0 radical (unpaired) electrons. The number of anilines is 2. The number of rotatable bonds is 5. The van der Waals surface area contributed by atoms with Gasteiger partial charge in [0.2, 0.25) is 0 Å². The van der Waals surface area contributed by atoms with E-state index in [0.717, 1.165) is 0 Å². The van der Waals surface area contributed by atoms with Gasteiger partial charge in [0.05, 0.1) is 11.6 Å². The highest BCUT2D eigenvalue weighted by atomic mass is 16.2. The number of amides is 3. The second kappa shape index (κ2) is 8.50. The predicted molar refractivity (Wildman–Crippen MR) is 97.4 cm³/mol. The molecule has 0 saturated heterocycles. The van der Waals surface area contributed by atoms with E-state index in [-0.39, 0.29) is 11.9 Å². The van der Waals surface area contributed by atoms with Gasteiger partial charge in [-0.25, -0.2) is 4.79 Å². The van der Waals surface area contributed by atoms with Crippen LogP contribution in [-0.2, 0) is 0 Å². The SMILES string of the molecule is CC(C)CNC(=O)Nc1cccc(C(=O)Nc2cccc(C#N)c2)c1. The van der Waals surface area contributed by atoms with Crippen LogP contribution in [0.3, 0.4) is 0 Å². The van der Waals surface area contributed by atoms with Gasteiger partial charge < -0.3 is 16.0 Å². The first-order chi connectivity index (χ1) is 12.0. The Morgan fingerprint density at radius 2 is 1.72 bits per heavy atom. The van der Waals surface area contributed by atoms with Gasteiger partial charge in [-0.3, -0.25) is 4.79 Å². The van der Waals surface area contributed by atoms with Crippen LogP contribution < -0.4 is 16.0 Å². The van der Waals surface area contributed by atoms with E-state index < -0.39 is 0 Å². The quantitative estimate of drug-likeness (QED) is 0.779. The van der Waals surface area contributed by atoms with Crippen molar-refractivity contribution in [3.05, 3.63) is 59.7 Å². The van der Waals surface area contributed by atoms with Gasteiger partial charge in [0.15, 0.2) is 0 Å². The molecule has 2 aromatic carbocycles. The van der Waals surface area contributed by atoms with Crippen molar-refractivity contribution in [2.24, 2.45) is 5.92 Å². The van der Waals surface area contributed by atoms with Crippen molar-refractivity contribution in [2.75, 3.05) is 17.2 Å². The monoisotopic (exact) mass is 336 g/mol. The van der Waals surface area contributed by atoms with Gasteiger partial charge in [-0.05, 0) is 42.3 Å². The maximum Gasteiger partial charge on any atom is 0.319 e. The zero-order valence-electron chi connectivity index (χ0n) is 14.2. The molecule has 6 heteroatoms. The average Bonchev–Trinajstić information content (AvgIpc) is 2.60. The largest absolute Gasteiger partial charge is 0.338 e. The van der Waals surface area contributed by atoms with Gasteiger partial charge in [-0.15, -0.1) is 0 Å². The summed E-state index contributed by atoms with van der Waals surface area (Å²) in [4.78, 5) is 24.2. The van der Waals surface area contributed by atoms with Gasteiger partial charge in [-0.1, -0.05) is 26.0 Å². The van der Waals surface area contributed by atoms with E-state index in [1.165, 1.54) is 0 Å². The van der Waals surface area contributed by atoms with Crippen LogP contribution in [0.2, 0.25) is 0 Å². The highest BCUT2D eigenvalue weighted by Crippen LogP contribution is 2.14. The van der Waals surface area contributed by atoms with Crippen LogP contribution in [0.5, 0.6) is 0 Å². The Morgan fingerprint density at radius 3 is 2.40 bits per heavy atom. The van der Waals surface area contributed by atoms with Gasteiger partial charge in [0.25, 0.3) is 5.91 Å². The molecule has 0 bridgehead atoms. The topological polar surface area (TPSA) is 94.0 Å². The lowest BCUT2D eigenvalue weighted by molar-refractivity contribution is 0.102. The van der Waals surface area contributed by atoms with Crippen molar-refractivity contribution < 1.29 is 9.59 Å². The molecule has 0 saturated carbocycles. The maximum atomic E-state index is 12.3. The summed E-state index contributed by atoms with van der Waals surface area (Å²) in [5, 5.41) is 17.1. The molecule has 0 heterocycles. The van der Waals surface area contributed by atoms with Gasteiger partial charge >= 0.3 is 6.03 Å². The molecular weight excluding hydrogens is 316 g/mol. The third-order valence-electron chi connectivity index (χ3n) is 3.30. The summed E-state index contributed by atoms with van der Waals surface area (Å²) in [5.74, 6) is 0.0355. The molecule has 3 amide bonds. The van der Waals surface area contributed by atoms with Crippen LogP contribution in [0.4, 0.5) is 16.2 Å². The van der Waals surface area contributed by atoms with E-state index in [2.05, 4.69) is 16.0 Å². The minimum Gasteiger partial charge on any atom is -0.338 e. The van der Waals surface area contributed by atoms with E-state index in [9.17, 15) is 9.59 Å². The average molecular weight is 336 g/mol. The van der Waals surface area contributed by atoms with Crippen molar-refractivity contribution >= 4 is 23.3 Å². The second-order valence-corrected chi connectivity index (χ2v) is 5.96. The maximum absolute atomic E-state index is 12.3. The highest BCUT2D eigenvalue weighted by Gasteiger charge is 2.09. The van der Waals surface area contributed by atoms with Crippen LogP contribution in [0.15, 0.2) is 48.5 Å². The van der Waals surface area contributed by atoms with Crippen LogP contribution >= 0.6 is 0 Å². The number of carbonyl (C=O) groups is 2. The van der Waals surface area contributed by atoms with Crippen molar-refractivity contribution in [3.8, 4) is 6.07 Å². The lowest BCUT2D eigenvalue weighted by atomic mass is 10.1. The summed E-state index contributed by atoms with van der Waals surface area (Å²) in [6, 6.07) is 15.0. The molecule has 0 aliphatic rings. The van der Waals surface area contributed by atoms with Crippen LogP contribution in [-0.4, -0.2) is 18.5 Å². The van der Waals surface area contributed by atoms with Crippen LogP contribution in [0.25, 0.3) is 0 Å².